The molecule has 0 saturated heterocycles. The maximum Gasteiger partial charge on any atom is 0.261 e. The van der Waals surface area contributed by atoms with Gasteiger partial charge in [0.25, 0.3) is 15.9 Å². The molecule has 0 saturated carbocycles. The van der Waals surface area contributed by atoms with Crippen molar-refractivity contribution in [2.75, 3.05) is 16.6 Å². The maximum atomic E-state index is 12.8. The third kappa shape index (κ3) is 5.39. The first kappa shape index (κ1) is 22.1. The van der Waals surface area contributed by atoms with E-state index in [1.54, 1.807) is 48.7 Å². The van der Waals surface area contributed by atoms with Gasteiger partial charge in [-0.1, -0.05) is 18.2 Å². The predicted octanol–water partition coefficient (Wildman–Crippen LogP) is 4.53. The lowest BCUT2D eigenvalue weighted by Gasteiger charge is -2.11. The molecule has 1 aromatic heterocycles. The third-order valence-corrected chi connectivity index (χ3v) is 6.16. The van der Waals surface area contributed by atoms with E-state index in [-0.39, 0.29) is 10.5 Å². The largest absolute Gasteiger partial charge is 0.494 e. The number of aromatic nitrogens is 2. The highest BCUT2D eigenvalue weighted by molar-refractivity contribution is 7.92. The van der Waals surface area contributed by atoms with Crippen molar-refractivity contribution in [1.82, 2.24) is 10.2 Å². The Hall–Kier alpha value is -4.11. The summed E-state index contributed by atoms with van der Waals surface area (Å²) >= 11 is 0. The summed E-state index contributed by atoms with van der Waals surface area (Å²) < 4.78 is 33.5. The molecule has 1 amide bonds. The second-order valence-corrected chi connectivity index (χ2v) is 8.77. The number of anilines is 2. The Bertz CT molecular complexity index is 1330. The Labute approximate surface area is 191 Å². The van der Waals surface area contributed by atoms with Gasteiger partial charge in [0, 0.05) is 23.1 Å². The van der Waals surface area contributed by atoms with E-state index in [0.717, 1.165) is 11.3 Å². The number of nitrogens with zero attached hydrogens (tertiary/aromatic N) is 1. The normalized spacial score (nSPS) is 11.1. The van der Waals surface area contributed by atoms with Crippen LogP contribution in [0.1, 0.15) is 17.3 Å². The number of ether oxygens (including phenoxy) is 1. The molecule has 9 heteroatoms. The van der Waals surface area contributed by atoms with E-state index < -0.39 is 15.9 Å². The molecule has 0 spiro atoms. The van der Waals surface area contributed by atoms with Crippen LogP contribution in [0, 0.1) is 0 Å². The van der Waals surface area contributed by atoms with E-state index in [1.807, 2.05) is 25.1 Å². The molecule has 0 bridgehead atoms. The minimum atomic E-state index is -3.88. The van der Waals surface area contributed by atoms with Crippen molar-refractivity contribution in [2.45, 2.75) is 11.8 Å². The third-order valence-electron chi connectivity index (χ3n) is 4.78. The van der Waals surface area contributed by atoms with E-state index in [2.05, 4.69) is 20.2 Å². The molecular weight excluding hydrogens is 440 g/mol. The molecule has 3 N–H and O–H groups in total. The molecule has 3 aromatic carbocycles. The molecule has 168 valence electrons. The lowest BCUT2D eigenvalue weighted by Crippen LogP contribution is -2.16. The average Bonchev–Trinajstić information content (AvgIpc) is 3.36. The number of hydrogen-bond acceptors (Lipinski definition) is 5. The van der Waals surface area contributed by atoms with Gasteiger partial charge in [0.15, 0.2) is 0 Å². The Morgan fingerprint density at radius 3 is 2.36 bits per heavy atom. The molecule has 1 heterocycles. The minimum absolute atomic E-state index is 0.0152. The highest BCUT2D eigenvalue weighted by atomic mass is 32.2. The van der Waals surface area contributed by atoms with E-state index in [0.29, 0.717) is 23.7 Å². The van der Waals surface area contributed by atoms with Crippen LogP contribution in [0.5, 0.6) is 5.75 Å². The van der Waals surface area contributed by atoms with Crippen LogP contribution in [-0.2, 0) is 10.0 Å². The number of rotatable bonds is 8. The average molecular weight is 463 g/mol. The van der Waals surface area contributed by atoms with Gasteiger partial charge in [-0.15, -0.1) is 0 Å². The van der Waals surface area contributed by atoms with Gasteiger partial charge in [0.1, 0.15) is 5.75 Å². The fourth-order valence-corrected chi connectivity index (χ4v) is 4.26. The minimum Gasteiger partial charge on any atom is -0.494 e. The van der Waals surface area contributed by atoms with Gasteiger partial charge in [0.2, 0.25) is 0 Å². The van der Waals surface area contributed by atoms with Crippen molar-refractivity contribution in [2.24, 2.45) is 0 Å². The highest BCUT2D eigenvalue weighted by Crippen LogP contribution is 2.22. The Morgan fingerprint density at radius 2 is 1.70 bits per heavy atom. The van der Waals surface area contributed by atoms with Crippen molar-refractivity contribution in [1.29, 1.82) is 0 Å². The second-order valence-electron chi connectivity index (χ2n) is 7.09. The van der Waals surface area contributed by atoms with Crippen LogP contribution in [0.2, 0.25) is 0 Å². The molecule has 0 fully saturated rings. The number of carbonyl (C=O) groups is 1. The zero-order valence-electron chi connectivity index (χ0n) is 17.8. The van der Waals surface area contributed by atoms with Crippen LogP contribution >= 0.6 is 0 Å². The van der Waals surface area contributed by atoms with Crippen molar-refractivity contribution < 1.29 is 17.9 Å². The number of benzene rings is 3. The molecule has 0 unspecified atom stereocenters. The first-order valence-corrected chi connectivity index (χ1v) is 11.7. The number of H-pyrrole nitrogens is 1. The number of amides is 1. The van der Waals surface area contributed by atoms with Gasteiger partial charge < -0.3 is 10.1 Å². The molecule has 0 radical (unpaired) electrons. The molecule has 4 rings (SSSR count). The van der Waals surface area contributed by atoms with E-state index in [4.69, 9.17) is 4.74 Å². The fraction of sp³-hybridized carbons (Fsp3) is 0.0833. The SMILES string of the molecule is CCOc1ccc(NS(=O)(=O)c2cccc(C(=O)Nc3ccc(-c4ccn[nH]4)cc3)c2)cc1. The molecule has 4 aromatic rings. The quantitative estimate of drug-likeness (QED) is 0.356. The Balaban J connectivity index is 1.46. The molecule has 0 aliphatic carbocycles. The molecule has 0 atom stereocenters. The number of aromatic amines is 1. The summed E-state index contributed by atoms with van der Waals surface area (Å²) in [5.41, 5.74) is 3.00. The standard InChI is InChI=1S/C24H22N4O4S/c1-2-32-21-12-10-20(11-13-21)28-33(30,31)22-5-3-4-18(16-22)24(29)26-19-8-6-17(7-9-19)23-14-15-25-27-23/h3-16,28H,2H2,1H3,(H,25,27)(H,26,29). The topological polar surface area (TPSA) is 113 Å². The fourth-order valence-electron chi connectivity index (χ4n) is 3.16. The van der Waals surface area contributed by atoms with Crippen LogP contribution < -0.4 is 14.8 Å². The molecule has 8 nitrogen and oxygen atoms in total. The summed E-state index contributed by atoms with van der Waals surface area (Å²) in [6.07, 6.45) is 1.66. The maximum absolute atomic E-state index is 12.8. The van der Waals surface area contributed by atoms with Crippen molar-refractivity contribution in [3.63, 3.8) is 0 Å². The lowest BCUT2D eigenvalue weighted by atomic mass is 10.1. The van der Waals surface area contributed by atoms with Gasteiger partial charge in [0.05, 0.1) is 17.2 Å². The number of sulfonamides is 1. The van der Waals surface area contributed by atoms with E-state index >= 15 is 0 Å². The molecule has 0 aliphatic heterocycles. The predicted molar refractivity (Wildman–Crippen MR) is 127 cm³/mol. The summed E-state index contributed by atoms with van der Waals surface area (Å²) in [6.45, 7) is 2.39. The number of nitrogens with one attached hydrogen (secondary N) is 3. The molecular formula is C24H22N4O4S. The van der Waals surface area contributed by atoms with Crippen molar-refractivity contribution >= 4 is 27.3 Å². The molecule has 0 aliphatic rings. The number of hydrogen-bond donors (Lipinski definition) is 3. The first-order valence-electron chi connectivity index (χ1n) is 10.2. The van der Waals surface area contributed by atoms with E-state index in [9.17, 15) is 13.2 Å². The second kappa shape index (κ2) is 9.58. The van der Waals surface area contributed by atoms with Gasteiger partial charge in [-0.05, 0) is 73.2 Å². The van der Waals surface area contributed by atoms with E-state index in [1.165, 1.54) is 18.2 Å². The Morgan fingerprint density at radius 1 is 0.970 bits per heavy atom. The lowest BCUT2D eigenvalue weighted by molar-refractivity contribution is 0.102. The van der Waals surface area contributed by atoms with Crippen LogP contribution in [0.4, 0.5) is 11.4 Å². The summed E-state index contributed by atoms with van der Waals surface area (Å²) in [7, 11) is -3.88. The van der Waals surface area contributed by atoms with Gasteiger partial charge in [-0.3, -0.25) is 14.6 Å². The first-order chi connectivity index (χ1) is 15.9. The van der Waals surface area contributed by atoms with Gasteiger partial charge in [-0.2, -0.15) is 5.10 Å². The summed E-state index contributed by atoms with van der Waals surface area (Å²) in [6, 6.07) is 21.6. The van der Waals surface area contributed by atoms with Crippen LogP contribution in [0.3, 0.4) is 0 Å². The van der Waals surface area contributed by atoms with Crippen LogP contribution in [-0.4, -0.2) is 31.1 Å². The zero-order chi connectivity index (χ0) is 23.3. The summed E-state index contributed by atoms with van der Waals surface area (Å²) in [5, 5.41) is 9.58. The number of carbonyl (C=O) groups excluding carboxylic acids is 1. The summed E-state index contributed by atoms with van der Waals surface area (Å²) in [5.74, 6) is 0.235. The van der Waals surface area contributed by atoms with Crippen LogP contribution in [0.15, 0.2) is 90.0 Å². The highest BCUT2D eigenvalue weighted by Gasteiger charge is 2.17. The van der Waals surface area contributed by atoms with Crippen LogP contribution in [0.25, 0.3) is 11.3 Å². The zero-order valence-corrected chi connectivity index (χ0v) is 18.6. The van der Waals surface area contributed by atoms with Gasteiger partial charge in [-0.25, -0.2) is 8.42 Å². The monoisotopic (exact) mass is 462 g/mol. The summed E-state index contributed by atoms with van der Waals surface area (Å²) in [4.78, 5) is 12.7. The molecule has 33 heavy (non-hydrogen) atoms. The van der Waals surface area contributed by atoms with Crippen molar-refractivity contribution in [3.8, 4) is 17.0 Å². The van der Waals surface area contributed by atoms with Gasteiger partial charge >= 0.3 is 0 Å². The Kier molecular flexibility index (Phi) is 6.41. The van der Waals surface area contributed by atoms with Crippen molar-refractivity contribution in [3.05, 3.63) is 90.6 Å². The smallest absolute Gasteiger partial charge is 0.261 e.